The zero-order valence-corrected chi connectivity index (χ0v) is 23.5. The fraction of sp³-hybridized carbons (Fsp3) is 0.214. The van der Waals surface area contributed by atoms with E-state index in [1.165, 1.54) is 20.6 Å². The number of methoxy groups -OCH3 is 1. The van der Waals surface area contributed by atoms with Crippen LogP contribution in [0, 0.1) is 6.92 Å². The lowest BCUT2D eigenvalue weighted by atomic mass is 9.97. The van der Waals surface area contributed by atoms with Crippen LogP contribution in [-0.4, -0.2) is 28.3 Å². The van der Waals surface area contributed by atoms with Crippen LogP contribution in [0.4, 0.5) is 11.4 Å². The summed E-state index contributed by atoms with van der Waals surface area (Å²) in [6.07, 6.45) is 3.81. The summed E-state index contributed by atoms with van der Waals surface area (Å²) in [7, 11) is 1.56. The summed E-state index contributed by atoms with van der Waals surface area (Å²) in [6, 6.07) is 11.9. The SMILES string of the molecule is COc1ccc(NC(=O)c2sc3nc4sc5c(c4c(=O)n3c2C(=O)Nc2ccc(Cl)c(C)c2)CCCC5)cc1. The van der Waals surface area contributed by atoms with Gasteiger partial charge in [-0.15, -0.1) is 11.3 Å². The van der Waals surface area contributed by atoms with E-state index in [0.29, 0.717) is 37.3 Å². The van der Waals surface area contributed by atoms with Crippen molar-refractivity contribution in [1.82, 2.24) is 9.38 Å². The van der Waals surface area contributed by atoms with Gasteiger partial charge in [0.15, 0.2) is 4.96 Å². The predicted octanol–water partition coefficient (Wildman–Crippen LogP) is 6.32. The van der Waals surface area contributed by atoms with Gasteiger partial charge in [-0.1, -0.05) is 22.9 Å². The smallest absolute Gasteiger partial charge is 0.274 e. The largest absolute Gasteiger partial charge is 0.497 e. The van der Waals surface area contributed by atoms with Gasteiger partial charge in [0.25, 0.3) is 17.4 Å². The number of thiazole rings is 1. The topological polar surface area (TPSA) is 102 Å². The maximum Gasteiger partial charge on any atom is 0.274 e. The Morgan fingerprint density at radius 2 is 1.72 bits per heavy atom. The van der Waals surface area contributed by atoms with Gasteiger partial charge in [-0.2, -0.15) is 0 Å². The highest BCUT2D eigenvalue weighted by atomic mass is 35.5. The quantitative estimate of drug-likeness (QED) is 0.254. The molecule has 2 N–H and O–H groups in total. The van der Waals surface area contributed by atoms with Crippen LogP contribution < -0.4 is 20.9 Å². The van der Waals surface area contributed by atoms with Gasteiger partial charge in [-0.25, -0.2) is 9.38 Å². The zero-order chi connectivity index (χ0) is 27.3. The van der Waals surface area contributed by atoms with Crippen LogP contribution in [-0.2, 0) is 12.8 Å². The van der Waals surface area contributed by atoms with Crippen LogP contribution in [0.5, 0.6) is 5.75 Å². The average molecular weight is 579 g/mol. The first kappa shape index (κ1) is 25.5. The van der Waals surface area contributed by atoms with Crippen molar-refractivity contribution in [3.63, 3.8) is 0 Å². The van der Waals surface area contributed by atoms with Crippen molar-refractivity contribution < 1.29 is 14.3 Å². The average Bonchev–Trinajstić information content (AvgIpc) is 3.50. The molecule has 0 spiro atoms. The molecule has 198 valence electrons. The molecular formula is C28H23ClN4O4S2. The molecule has 3 aromatic heterocycles. The maximum absolute atomic E-state index is 14.0. The number of ether oxygens (including phenoxy) is 1. The van der Waals surface area contributed by atoms with Crippen molar-refractivity contribution in [2.45, 2.75) is 32.6 Å². The summed E-state index contributed by atoms with van der Waals surface area (Å²) in [5, 5.41) is 6.78. The van der Waals surface area contributed by atoms with Crippen molar-refractivity contribution in [2.75, 3.05) is 17.7 Å². The van der Waals surface area contributed by atoms with Gasteiger partial charge in [-0.3, -0.25) is 14.4 Å². The molecule has 1 aliphatic rings. The molecular weight excluding hydrogens is 556 g/mol. The molecule has 3 heterocycles. The second-order valence-electron chi connectivity index (χ2n) is 9.31. The number of benzene rings is 2. The number of nitrogens with zero attached hydrogens (tertiary/aromatic N) is 2. The molecule has 5 aromatic rings. The number of fused-ring (bicyclic) bond motifs is 4. The number of rotatable bonds is 5. The highest BCUT2D eigenvalue weighted by Crippen LogP contribution is 2.35. The van der Waals surface area contributed by atoms with E-state index in [9.17, 15) is 14.4 Å². The fourth-order valence-electron chi connectivity index (χ4n) is 4.83. The normalized spacial score (nSPS) is 12.9. The van der Waals surface area contributed by atoms with Gasteiger partial charge in [0.05, 0.1) is 12.5 Å². The fourth-order valence-corrected chi connectivity index (χ4v) is 7.26. The van der Waals surface area contributed by atoms with E-state index in [4.69, 9.17) is 21.3 Å². The molecule has 0 bridgehead atoms. The number of hydrogen-bond acceptors (Lipinski definition) is 7. The third-order valence-electron chi connectivity index (χ3n) is 6.78. The van der Waals surface area contributed by atoms with Crippen LogP contribution in [0.15, 0.2) is 47.3 Å². The van der Waals surface area contributed by atoms with Crippen molar-refractivity contribution in [2.24, 2.45) is 0 Å². The Bertz CT molecular complexity index is 1840. The van der Waals surface area contributed by atoms with Crippen LogP contribution in [0.1, 0.15) is 49.0 Å². The second-order valence-corrected chi connectivity index (χ2v) is 11.8. The number of aryl methyl sites for hydroxylation is 3. The molecule has 2 amide bonds. The first-order valence-corrected chi connectivity index (χ1v) is 14.4. The monoisotopic (exact) mass is 578 g/mol. The van der Waals surface area contributed by atoms with E-state index >= 15 is 0 Å². The van der Waals surface area contributed by atoms with Crippen molar-refractivity contribution in [3.8, 4) is 5.75 Å². The van der Waals surface area contributed by atoms with Gasteiger partial charge >= 0.3 is 0 Å². The number of thiophene rings is 1. The number of aromatic nitrogens is 2. The molecule has 0 fully saturated rings. The summed E-state index contributed by atoms with van der Waals surface area (Å²) in [6.45, 7) is 1.83. The zero-order valence-electron chi connectivity index (χ0n) is 21.1. The molecule has 39 heavy (non-hydrogen) atoms. The predicted molar refractivity (Wildman–Crippen MR) is 156 cm³/mol. The molecule has 2 aromatic carbocycles. The van der Waals surface area contributed by atoms with E-state index in [2.05, 4.69) is 10.6 Å². The molecule has 0 unspecified atom stereocenters. The number of hydrogen-bond donors (Lipinski definition) is 2. The number of carbonyl (C=O) groups excluding carboxylic acids is 2. The van der Waals surface area contributed by atoms with Crippen LogP contribution in [0.2, 0.25) is 5.02 Å². The van der Waals surface area contributed by atoms with Crippen molar-refractivity contribution in [1.29, 1.82) is 0 Å². The number of nitrogens with one attached hydrogen (secondary N) is 2. The van der Waals surface area contributed by atoms with E-state index < -0.39 is 11.8 Å². The minimum atomic E-state index is -0.588. The minimum absolute atomic E-state index is 0.0521. The summed E-state index contributed by atoms with van der Waals surface area (Å²) in [4.78, 5) is 48.2. The number of amides is 2. The van der Waals surface area contributed by atoms with Crippen LogP contribution in [0.3, 0.4) is 0 Å². The molecule has 0 atom stereocenters. The summed E-state index contributed by atoms with van der Waals surface area (Å²) >= 11 is 8.70. The molecule has 0 saturated carbocycles. The summed E-state index contributed by atoms with van der Waals surface area (Å²) in [5.41, 5.74) is 2.44. The standard InChI is InChI=1S/C28H23ClN4O4S2/c1-14-13-16(9-12-19(14)29)31-24(34)22-23(25(35)30-15-7-10-17(37-2)11-8-15)39-28-32-26-21(27(36)33(22)28)18-5-3-4-6-20(18)38-26/h7-13H,3-6H2,1-2H3,(H,30,35)(H,31,34). The van der Waals surface area contributed by atoms with Crippen LogP contribution >= 0.6 is 34.3 Å². The van der Waals surface area contributed by atoms with Crippen molar-refractivity contribution >= 4 is 72.6 Å². The van der Waals surface area contributed by atoms with Crippen molar-refractivity contribution in [3.05, 3.63) is 84.4 Å². The Morgan fingerprint density at radius 3 is 2.46 bits per heavy atom. The lowest BCUT2D eigenvalue weighted by molar-refractivity contribution is 0.0989. The van der Waals surface area contributed by atoms with Gasteiger partial charge in [0, 0.05) is 21.3 Å². The van der Waals surface area contributed by atoms with Gasteiger partial charge in [0.2, 0.25) is 0 Å². The summed E-state index contributed by atoms with van der Waals surface area (Å²) in [5.74, 6) is -0.458. The molecule has 0 saturated heterocycles. The summed E-state index contributed by atoms with van der Waals surface area (Å²) < 4.78 is 6.47. The molecule has 0 aliphatic heterocycles. The minimum Gasteiger partial charge on any atom is -0.497 e. The third kappa shape index (κ3) is 4.58. The van der Waals surface area contributed by atoms with Gasteiger partial charge < -0.3 is 15.4 Å². The Morgan fingerprint density at radius 1 is 1.00 bits per heavy atom. The van der Waals surface area contributed by atoms with E-state index in [0.717, 1.165) is 48.1 Å². The van der Waals surface area contributed by atoms with E-state index in [-0.39, 0.29) is 16.1 Å². The van der Waals surface area contributed by atoms with Crippen LogP contribution in [0.25, 0.3) is 15.2 Å². The Balaban J connectivity index is 1.50. The van der Waals surface area contributed by atoms with E-state index in [1.807, 2.05) is 6.92 Å². The van der Waals surface area contributed by atoms with E-state index in [1.54, 1.807) is 49.6 Å². The molecule has 0 radical (unpaired) electrons. The van der Waals surface area contributed by atoms with Gasteiger partial charge in [-0.05, 0) is 86.2 Å². The number of anilines is 2. The first-order valence-electron chi connectivity index (χ1n) is 12.4. The Kier molecular flexibility index (Phi) is 6.62. The molecule has 1 aliphatic carbocycles. The lowest BCUT2D eigenvalue weighted by Gasteiger charge is -2.11. The highest BCUT2D eigenvalue weighted by Gasteiger charge is 2.29. The lowest BCUT2D eigenvalue weighted by Crippen LogP contribution is -2.25. The maximum atomic E-state index is 14.0. The molecule has 11 heteroatoms. The molecule has 8 nitrogen and oxygen atoms in total. The Hall–Kier alpha value is -3.73. The number of carbonyl (C=O) groups is 2. The number of halogens is 1. The second kappa shape index (κ2) is 10.1. The third-order valence-corrected chi connectivity index (χ3v) is 9.42. The molecule has 6 rings (SSSR count). The first-order chi connectivity index (χ1) is 18.8. The van der Waals surface area contributed by atoms with Gasteiger partial charge in [0.1, 0.15) is 21.2 Å². The Labute approximate surface area is 236 Å². The highest BCUT2D eigenvalue weighted by molar-refractivity contribution is 7.20.